The number of hydrogen-bond donors (Lipinski definition) is 0. The van der Waals surface area contributed by atoms with Gasteiger partial charge in [0.2, 0.25) is 0 Å². The Morgan fingerprint density at radius 1 is 1.28 bits per heavy atom. The molecule has 0 amide bonds. The van der Waals surface area contributed by atoms with Gasteiger partial charge in [-0.3, -0.25) is 0 Å². The van der Waals surface area contributed by atoms with Crippen molar-refractivity contribution in [1.29, 1.82) is 0 Å². The molecule has 2 aromatic rings. The maximum atomic E-state index is 13.6. The number of ether oxygens (including phenoxy) is 2. The van der Waals surface area contributed by atoms with Crippen molar-refractivity contribution in [3.05, 3.63) is 64.8 Å². The number of hydrogen-bond acceptors (Lipinski definition) is 5. The number of rotatable bonds is 7. The number of esters is 1. The molecule has 0 spiro atoms. The van der Waals surface area contributed by atoms with Gasteiger partial charge in [0.05, 0.1) is 25.6 Å². The normalized spacial score (nSPS) is 11.0. The lowest BCUT2D eigenvalue weighted by Gasteiger charge is -2.13. The van der Waals surface area contributed by atoms with E-state index in [-0.39, 0.29) is 18.8 Å². The first-order valence-corrected chi connectivity index (χ1v) is 9.63. The van der Waals surface area contributed by atoms with E-state index in [1.165, 1.54) is 20.1 Å². The Balaban J connectivity index is 0.00000161. The van der Waals surface area contributed by atoms with Crippen molar-refractivity contribution in [3.63, 3.8) is 0 Å². The number of nitrogens with zero attached hydrogens (tertiary/aromatic N) is 3. The first-order valence-electron chi connectivity index (χ1n) is 9.63. The molecule has 0 saturated heterocycles. The number of terminal acetylenes is 1. The highest BCUT2D eigenvalue weighted by Crippen LogP contribution is 2.33. The average molecular weight is 449 g/mol. The lowest BCUT2D eigenvalue weighted by Crippen LogP contribution is -2.19. The van der Waals surface area contributed by atoms with Gasteiger partial charge in [0.25, 0.3) is 0 Å². The van der Waals surface area contributed by atoms with Crippen LogP contribution in [0.1, 0.15) is 49.4 Å². The van der Waals surface area contributed by atoms with Crippen molar-refractivity contribution >= 4 is 5.97 Å². The average Bonchev–Trinajstić information content (AvgIpc) is 3.18. The quantitative estimate of drug-likeness (QED) is 0.253. The minimum Gasteiger partial charge on any atom is -0.501 e. The third-order valence-corrected chi connectivity index (χ3v) is 3.76. The molecule has 0 radical (unpaired) electrons. The minimum absolute atomic E-state index is 0.0488. The maximum Gasteiger partial charge on any atom is 0.434 e. The van der Waals surface area contributed by atoms with Crippen LogP contribution in [0.2, 0.25) is 0 Å². The summed E-state index contributed by atoms with van der Waals surface area (Å²) in [5.74, 6) is 1.69. The topological polar surface area (TPSA) is 66.2 Å². The van der Waals surface area contributed by atoms with E-state index in [1.54, 1.807) is 25.1 Å². The van der Waals surface area contributed by atoms with Crippen molar-refractivity contribution in [3.8, 4) is 18.2 Å². The van der Waals surface area contributed by atoms with Crippen LogP contribution in [-0.4, -0.2) is 34.5 Å². The Morgan fingerprint density at radius 2 is 1.94 bits per heavy atom. The van der Waals surface area contributed by atoms with Gasteiger partial charge >= 0.3 is 12.1 Å². The molecule has 0 fully saturated rings. The Labute approximate surface area is 185 Å². The molecule has 0 aliphatic carbocycles. The molecule has 0 saturated carbocycles. The molecule has 0 unspecified atom stereocenters. The Bertz CT molecular complexity index is 1010. The van der Waals surface area contributed by atoms with Gasteiger partial charge < -0.3 is 9.47 Å². The van der Waals surface area contributed by atoms with E-state index >= 15 is 0 Å². The second-order valence-corrected chi connectivity index (χ2v) is 6.57. The van der Waals surface area contributed by atoms with Crippen LogP contribution in [0, 0.1) is 12.3 Å². The van der Waals surface area contributed by atoms with Crippen LogP contribution in [0.25, 0.3) is 5.82 Å². The number of pyridine rings is 1. The van der Waals surface area contributed by atoms with Crippen molar-refractivity contribution in [2.45, 2.75) is 40.3 Å². The second kappa shape index (κ2) is 12.3. The van der Waals surface area contributed by atoms with Crippen molar-refractivity contribution in [1.82, 2.24) is 14.8 Å². The van der Waals surface area contributed by atoms with E-state index in [0.29, 0.717) is 16.1 Å². The van der Waals surface area contributed by atoms with Gasteiger partial charge in [0.1, 0.15) is 11.3 Å². The molecule has 2 heterocycles. The zero-order valence-electron chi connectivity index (χ0n) is 18.7. The first kappa shape index (κ1) is 26.5. The highest BCUT2D eigenvalue weighted by atomic mass is 19.4. The largest absolute Gasteiger partial charge is 0.501 e. The lowest BCUT2D eigenvalue weighted by atomic mass is 10.2. The molecule has 6 nitrogen and oxygen atoms in total. The van der Waals surface area contributed by atoms with Crippen LogP contribution in [0.5, 0.6) is 0 Å². The summed E-state index contributed by atoms with van der Waals surface area (Å²) in [5.41, 5.74) is -0.335. The van der Waals surface area contributed by atoms with E-state index in [1.807, 2.05) is 19.9 Å². The molecule has 0 aliphatic rings. The van der Waals surface area contributed by atoms with Gasteiger partial charge in [-0.25, -0.2) is 14.5 Å². The molecule has 9 heteroatoms. The molecule has 2 aromatic heterocycles. The van der Waals surface area contributed by atoms with Gasteiger partial charge in [-0.05, 0) is 45.9 Å². The lowest BCUT2D eigenvalue weighted by molar-refractivity contribution is -0.143. The van der Waals surface area contributed by atoms with E-state index < -0.39 is 23.4 Å². The van der Waals surface area contributed by atoms with Crippen LogP contribution in [0.15, 0.2) is 47.9 Å². The Kier molecular flexibility index (Phi) is 10.2. The summed E-state index contributed by atoms with van der Waals surface area (Å²) < 4.78 is 51.5. The number of alkyl halides is 3. The van der Waals surface area contributed by atoms with E-state index in [2.05, 4.69) is 22.4 Å². The monoisotopic (exact) mass is 449 g/mol. The van der Waals surface area contributed by atoms with Gasteiger partial charge in [-0.1, -0.05) is 17.7 Å². The summed E-state index contributed by atoms with van der Waals surface area (Å²) in [6.45, 7) is 6.98. The molecular weight excluding hydrogens is 423 g/mol. The van der Waals surface area contributed by atoms with Crippen molar-refractivity contribution in [2.24, 2.45) is 0 Å². The molecule has 0 bridgehead atoms. The molecule has 0 N–H and O–H groups in total. The predicted octanol–water partition coefficient (Wildman–Crippen LogP) is 5.14. The summed E-state index contributed by atoms with van der Waals surface area (Å²) in [5, 5.41) is 3.73. The van der Waals surface area contributed by atoms with Crippen LogP contribution >= 0.6 is 0 Å². The molecule has 172 valence electrons. The number of aromatic nitrogens is 3. The number of methoxy groups -OCH3 is 1. The molecule has 0 aromatic carbocycles. The minimum atomic E-state index is -4.82. The van der Waals surface area contributed by atoms with Crippen LogP contribution in [-0.2, 0) is 22.1 Å². The van der Waals surface area contributed by atoms with Crippen LogP contribution in [0.3, 0.4) is 0 Å². The highest BCUT2D eigenvalue weighted by Gasteiger charge is 2.41. The maximum absolute atomic E-state index is 13.6. The number of halogens is 3. The summed E-state index contributed by atoms with van der Waals surface area (Å²) in [4.78, 5) is 16.2. The Morgan fingerprint density at radius 3 is 2.47 bits per heavy atom. The van der Waals surface area contributed by atoms with Gasteiger partial charge in [0, 0.05) is 6.42 Å². The molecule has 2 rings (SSSR count). The number of carbonyl (C=O) groups excluding carboxylic acids is 1. The molecule has 0 aliphatic heterocycles. The van der Waals surface area contributed by atoms with Crippen LogP contribution < -0.4 is 0 Å². The van der Waals surface area contributed by atoms with Gasteiger partial charge in [0.15, 0.2) is 11.5 Å². The van der Waals surface area contributed by atoms with Crippen molar-refractivity contribution in [2.75, 3.05) is 13.7 Å². The first-order chi connectivity index (χ1) is 15.1. The fraction of sp³-hybridized carbons (Fsp3) is 0.348. The molecule has 0 atom stereocenters. The summed E-state index contributed by atoms with van der Waals surface area (Å²) in [7, 11) is 1.51. The third kappa shape index (κ3) is 7.61. The van der Waals surface area contributed by atoms with Gasteiger partial charge in [-0.15, -0.1) is 12.3 Å². The summed E-state index contributed by atoms with van der Waals surface area (Å²) in [6, 6.07) is 4.62. The standard InChI is InChI=1S/C20H22F3N3O3.C3H4/c1-5-29-19(27)16-12-24-26(18(16)20(21,22)23)17-8-6-7-14(25-17)11-15(28-4)10-9-13(2)3;1-3-2/h6-10,12H,5,11H2,1-4H3;1H,2H3/b15-10+;. The smallest absolute Gasteiger partial charge is 0.434 e. The zero-order chi connectivity index (χ0) is 24.3. The fourth-order valence-electron chi connectivity index (χ4n) is 2.47. The summed E-state index contributed by atoms with van der Waals surface area (Å²) >= 11 is 0. The number of carbonyl (C=O) groups is 1. The van der Waals surface area contributed by atoms with E-state index in [9.17, 15) is 18.0 Å². The molecular formula is C23H26F3N3O3. The van der Waals surface area contributed by atoms with E-state index in [4.69, 9.17) is 9.47 Å². The van der Waals surface area contributed by atoms with Crippen molar-refractivity contribution < 1.29 is 27.4 Å². The van der Waals surface area contributed by atoms with E-state index in [0.717, 1.165) is 11.8 Å². The predicted molar refractivity (Wildman–Crippen MR) is 115 cm³/mol. The van der Waals surface area contributed by atoms with Crippen LogP contribution in [0.4, 0.5) is 13.2 Å². The number of allylic oxidation sites excluding steroid dienone is 4. The zero-order valence-corrected chi connectivity index (χ0v) is 18.7. The Hall–Kier alpha value is -3.54. The highest BCUT2D eigenvalue weighted by molar-refractivity contribution is 5.90. The van der Waals surface area contributed by atoms with Gasteiger partial charge in [-0.2, -0.15) is 18.3 Å². The molecule has 32 heavy (non-hydrogen) atoms. The summed E-state index contributed by atoms with van der Waals surface area (Å²) in [6.07, 6.45) is 4.53. The fourth-order valence-corrected chi connectivity index (χ4v) is 2.47. The second-order valence-electron chi connectivity index (χ2n) is 6.57. The SMILES string of the molecule is C#CC.CCOC(=O)c1cnn(-c2cccc(C/C(=C\C=C(C)C)OC)n2)c1C(F)(F)F. The third-order valence-electron chi connectivity index (χ3n) is 3.76.